The number of nitrogens with zero attached hydrogens (tertiary/aromatic N) is 2. The van der Waals surface area contributed by atoms with Crippen molar-refractivity contribution in [1.29, 1.82) is 0 Å². The molecule has 2 N–H and O–H groups in total. The van der Waals surface area contributed by atoms with E-state index < -0.39 is 15.9 Å². The van der Waals surface area contributed by atoms with Crippen LogP contribution in [0.1, 0.15) is 48.7 Å². The number of carbonyl (C=O) groups is 1. The van der Waals surface area contributed by atoms with Crippen LogP contribution >= 0.6 is 0 Å². The van der Waals surface area contributed by atoms with E-state index in [0.29, 0.717) is 41.7 Å². The fourth-order valence-corrected chi connectivity index (χ4v) is 4.58. The number of rotatable bonds is 10. The van der Waals surface area contributed by atoms with Crippen LogP contribution in [0.4, 0.5) is 0 Å². The van der Waals surface area contributed by atoms with Crippen LogP contribution < -0.4 is 10.1 Å². The molecule has 1 saturated carbocycles. The smallest absolute Gasteiger partial charge is 0.297 e. The van der Waals surface area contributed by atoms with Gasteiger partial charge in [-0.05, 0) is 61.6 Å². The third-order valence-electron chi connectivity index (χ3n) is 5.95. The molecule has 1 unspecified atom stereocenters. The van der Waals surface area contributed by atoms with Crippen molar-refractivity contribution in [3.63, 3.8) is 0 Å². The molecule has 8 nitrogen and oxygen atoms in total. The Balaban J connectivity index is 1.52. The first-order chi connectivity index (χ1) is 15.9. The van der Waals surface area contributed by atoms with Crippen molar-refractivity contribution in [2.75, 3.05) is 19.0 Å². The Morgan fingerprint density at radius 1 is 1.21 bits per heavy atom. The predicted molar refractivity (Wildman–Crippen MR) is 125 cm³/mol. The van der Waals surface area contributed by atoms with Gasteiger partial charge in [-0.15, -0.1) is 0 Å². The van der Waals surface area contributed by atoms with Crippen molar-refractivity contribution in [3.05, 3.63) is 53.6 Å². The highest BCUT2D eigenvalue weighted by Gasteiger charge is 2.24. The number of nitrogens with one attached hydrogen (secondary N) is 1. The molecule has 0 aliphatic heterocycles. The fourth-order valence-electron chi connectivity index (χ4n) is 3.69. The summed E-state index contributed by atoms with van der Waals surface area (Å²) in [5.41, 5.74) is 2.60. The van der Waals surface area contributed by atoms with Gasteiger partial charge in [-0.2, -0.15) is 4.98 Å². The summed E-state index contributed by atoms with van der Waals surface area (Å²) in [5.74, 6) is 0.270. The van der Waals surface area contributed by atoms with E-state index >= 15 is 0 Å². The van der Waals surface area contributed by atoms with E-state index in [0.717, 1.165) is 5.52 Å². The van der Waals surface area contributed by atoms with E-state index in [1.54, 1.807) is 31.2 Å². The molecule has 0 bridgehead atoms. The number of aromatic nitrogens is 2. The molecule has 176 valence electrons. The van der Waals surface area contributed by atoms with Crippen LogP contribution in [0.15, 0.2) is 47.4 Å². The molecular weight excluding hydrogens is 442 g/mol. The second-order valence-corrected chi connectivity index (χ2v) is 10.6. The third-order valence-corrected chi connectivity index (χ3v) is 7.70. The standard InChI is InChI=1S/C24H29N3O5S/c1-3-27-22-12-9-18(13-20(22)26-24(27)32-15-16-5-6-16)23(29)25-21(14-28)17-7-10-19(11-8-17)33(30,31)4-2/h7-13,16,21,28H,3-6,14-15H2,1-2H3,(H,25,29). The van der Waals surface area contributed by atoms with Gasteiger partial charge in [0, 0.05) is 12.1 Å². The van der Waals surface area contributed by atoms with Gasteiger partial charge in [0.1, 0.15) is 0 Å². The zero-order chi connectivity index (χ0) is 23.6. The highest BCUT2D eigenvalue weighted by atomic mass is 32.2. The van der Waals surface area contributed by atoms with Crippen LogP contribution in [-0.2, 0) is 16.4 Å². The van der Waals surface area contributed by atoms with E-state index in [1.807, 2.05) is 17.6 Å². The highest BCUT2D eigenvalue weighted by Crippen LogP contribution is 2.30. The Kier molecular flexibility index (Phi) is 6.71. The molecule has 0 saturated heterocycles. The number of sulfone groups is 1. The second-order valence-electron chi connectivity index (χ2n) is 8.28. The first-order valence-corrected chi connectivity index (χ1v) is 12.9. The molecule has 3 aromatic rings. The molecule has 33 heavy (non-hydrogen) atoms. The van der Waals surface area contributed by atoms with Crippen LogP contribution in [0.3, 0.4) is 0 Å². The van der Waals surface area contributed by atoms with E-state index in [1.165, 1.54) is 25.0 Å². The second kappa shape index (κ2) is 9.52. The number of benzene rings is 2. The summed E-state index contributed by atoms with van der Waals surface area (Å²) in [6, 6.07) is 11.4. The molecular formula is C24H29N3O5S. The maximum atomic E-state index is 12.9. The lowest BCUT2D eigenvalue weighted by molar-refractivity contribution is 0.0916. The van der Waals surface area contributed by atoms with Gasteiger partial charge in [0.05, 0.1) is 40.9 Å². The summed E-state index contributed by atoms with van der Waals surface area (Å²) in [7, 11) is -3.31. The number of fused-ring (bicyclic) bond motifs is 1. The molecule has 2 aromatic carbocycles. The van der Waals surface area contributed by atoms with Crippen molar-refractivity contribution in [2.45, 2.75) is 44.2 Å². The average Bonchev–Trinajstić information content (AvgIpc) is 3.60. The van der Waals surface area contributed by atoms with E-state index in [9.17, 15) is 18.3 Å². The first kappa shape index (κ1) is 23.3. The van der Waals surface area contributed by atoms with Gasteiger partial charge >= 0.3 is 0 Å². The van der Waals surface area contributed by atoms with Gasteiger partial charge in [0.2, 0.25) is 0 Å². The summed E-state index contributed by atoms with van der Waals surface area (Å²) in [5, 5.41) is 12.7. The number of ether oxygens (including phenoxy) is 1. The van der Waals surface area contributed by atoms with Crippen molar-refractivity contribution in [1.82, 2.24) is 14.9 Å². The van der Waals surface area contributed by atoms with Gasteiger partial charge in [-0.3, -0.25) is 9.36 Å². The highest BCUT2D eigenvalue weighted by molar-refractivity contribution is 7.91. The minimum absolute atomic E-state index is 0.0100. The van der Waals surface area contributed by atoms with Gasteiger partial charge in [0.15, 0.2) is 9.84 Å². The Labute approximate surface area is 193 Å². The predicted octanol–water partition coefficient (Wildman–Crippen LogP) is 3.10. The van der Waals surface area contributed by atoms with Crippen LogP contribution in [0.25, 0.3) is 11.0 Å². The van der Waals surface area contributed by atoms with Crippen molar-refractivity contribution >= 4 is 26.8 Å². The zero-order valence-electron chi connectivity index (χ0n) is 18.8. The minimum atomic E-state index is -3.31. The minimum Gasteiger partial charge on any atom is -0.464 e. The summed E-state index contributed by atoms with van der Waals surface area (Å²) < 4.78 is 31.9. The topological polar surface area (TPSA) is 111 Å². The Bertz CT molecular complexity index is 1250. The number of aliphatic hydroxyl groups is 1. The van der Waals surface area contributed by atoms with E-state index in [-0.39, 0.29) is 23.2 Å². The summed E-state index contributed by atoms with van der Waals surface area (Å²) in [4.78, 5) is 17.7. The average molecular weight is 472 g/mol. The summed E-state index contributed by atoms with van der Waals surface area (Å²) >= 11 is 0. The number of imidazole rings is 1. The summed E-state index contributed by atoms with van der Waals surface area (Å²) in [6.45, 7) is 4.65. The van der Waals surface area contributed by atoms with Crippen LogP contribution in [0.2, 0.25) is 0 Å². The Hall–Kier alpha value is -2.91. The fraction of sp³-hybridized carbons (Fsp3) is 0.417. The molecule has 0 radical (unpaired) electrons. The van der Waals surface area contributed by atoms with Crippen LogP contribution in [0, 0.1) is 5.92 Å². The van der Waals surface area contributed by atoms with Gasteiger partial charge < -0.3 is 15.2 Å². The van der Waals surface area contributed by atoms with E-state index in [2.05, 4.69) is 10.3 Å². The largest absolute Gasteiger partial charge is 0.464 e. The monoisotopic (exact) mass is 471 g/mol. The Morgan fingerprint density at radius 2 is 1.94 bits per heavy atom. The lowest BCUT2D eigenvalue weighted by Crippen LogP contribution is -2.30. The molecule has 0 spiro atoms. The normalized spacial score (nSPS) is 14.9. The molecule has 1 aromatic heterocycles. The number of carbonyl (C=O) groups excluding carboxylic acids is 1. The maximum Gasteiger partial charge on any atom is 0.297 e. The van der Waals surface area contributed by atoms with Gasteiger partial charge in [-0.25, -0.2) is 8.42 Å². The molecule has 1 aliphatic rings. The lowest BCUT2D eigenvalue weighted by Gasteiger charge is -2.17. The van der Waals surface area contributed by atoms with Crippen LogP contribution in [0.5, 0.6) is 6.01 Å². The SMILES string of the molecule is CCn1c(OCC2CC2)nc2cc(C(=O)NC(CO)c3ccc(S(=O)(=O)CC)cc3)ccc21. The Morgan fingerprint density at radius 3 is 2.55 bits per heavy atom. The number of amides is 1. The maximum absolute atomic E-state index is 12.9. The molecule has 1 heterocycles. The number of hydrogen-bond donors (Lipinski definition) is 2. The van der Waals surface area contributed by atoms with Gasteiger partial charge in [-0.1, -0.05) is 19.1 Å². The van der Waals surface area contributed by atoms with E-state index in [4.69, 9.17) is 4.74 Å². The molecule has 1 atom stereocenters. The molecule has 1 fully saturated rings. The number of aryl methyl sites for hydroxylation is 1. The molecule has 1 amide bonds. The third kappa shape index (κ3) is 5.04. The molecule has 1 aliphatic carbocycles. The van der Waals surface area contributed by atoms with Crippen molar-refractivity contribution in [3.8, 4) is 6.01 Å². The number of hydrogen-bond acceptors (Lipinski definition) is 6. The quantitative estimate of drug-likeness (QED) is 0.470. The van der Waals surface area contributed by atoms with Gasteiger partial charge in [0.25, 0.3) is 11.9 Å². The van der Waals surface area contributed by atoms with Crippen LogP contribution in [-0.4, -0.2) is 47.9 Å². The molecule has 9 heteroatoms. The number of aliphatic hydroxyl groups excluding tert-OH is 1. The zero-order valence-corrected chi connectivity index (χ0v) is 19.6. The van der Waals surface area contributed by atoms with Crippen molar-refractivity contribution in [2.24, 2.45) is 5.92 Å². The van der Waals surface area contributed by atoms with Crippen molar-refractivity contribution < 1.29 is 23.1 Å². The molecule has 4 rings (SSSR count). The summed E-state index contributed by atoms with van der Waals surface area (Å²) in [6.07, 6.45) is 2.39. The lowest BCUT2D eigenvalue weighted by atomic mass is 10.1. The first-order valence-electron chi connectivity index (χ1n) is 11.2.